The summed E-state index contributed by atoms with van der Waals surface area (Å²) in [5.74, 6) is -0.887. The number of para-hydroxylation sites is 1. The van der Waals surface area contributed by atoms with E-state index in [-0.39, 0.29) is 11.6 Å². The molecule has 0 saturated carbocycles. The summed E-state index contributed by atoms with van der Waals surface area (Å²) < 4.78 is 1.83. The SMILES string of the molecule is CN(C)CCC1C(=O)c2cncn3c2c(c2c4ccccc4ncc23)C1=O. The van der Waals surface area contributed by atoms with Crippen LogP contribution in [0.4, 0.5) is 0 Å². The fourth-order valence-electron chi connectivity index (χ4n) is 4.11. The van der Waals surface area contributed by atoms with Crippen molar-refractivity contribution in [3.05, 3.63) is 54.1 Å². The standard InChI is InChI=1S/C21H18N4O2/c1-24(2)8-7-13-20(26)14-9-22-11-25-16-10-23-15-6-4-3-5-12(15)17(16)18(19(14)25)21(13)27/h3-6,9-11,13H,7-8H2,1-2H3. The van der Waals surface area contributed by atoms with Gasteiger partial charge >= 0.3 is 0 Å². The average Bonchev–Trinajstić information content (AvgIpc) is 3.02. The van der Waals surface area contributed by atoms with Crippen LogP contribution < -0.4 is 0 Å². The number of hydrogen-bond donors (Lipinski definition) is 0. The van der Waals surface area contributed by atoms with Crippen molar-refractivity contribution in [2.45, 2.75) is 6.42 Å². The van der Waals surface area contributed by atoms with Crippen molar-refractivity contribution in [3.63, 3.8) is 0 Å². The zero-order valence-corrected chi connectivity index (χ0v) is 15.1. The summed E-state index contributed by atoms with van der Waals surface area (Å²) in [6, 6.07) is 7.79. The number of Topliss-reactive ketones (excluding diaryl/α,β-unsaturated/α-hetero) is 2. The molecular weight excluding hydrogens is 340 g/mol. The minimum Gasteiger partial charge on any atom is -0.309 e. The molecule has 1 aliphatic rings. The van der Waals surface area contributed by atoms with Crippen molar-refractivity contribution >= 4 is 38.9 Å². The molecular formula is C21H18N4O2. The Balaban J connectivity index is 1.89. The van der Waals surface area contributed by atoms with Crippen LogP contribution in [0.15, 0.2) is 43.0 Å². The van der Waals surface area contributed by atoms with Crippen LogP contribution in [-0.4, -0.2) is 51.5 Å². The number of pyridine rings is 1. The van der Waals surface area contributed by atoms with Crippen LogP contribution in [0.1, 0.15) is 27.1 Å². The first-order valence-corrected chi connectivity index (χ1v) is 8.96. The van der Waals surface area contributed by atoms with E-state index in [9.17, 15) is 9.59 Å². The van der Waals surface area contributed by atoms with Gasteiger partial charge in [0.15, 0.2) is 11.6 Å². The summed E-state index contributed by atoms with van der Waals surface area (Å²) in [4.78, 5) is 37.3. The average molecular weight is 358 g/mol. The molecule has 0 radical (unpaired) electrons. The summed E-state index contributed by atoms with van der Waals surface area (Å²) in [6.07, 6.45) is 5.50. The van der Waals surface area contributed by atoms with Gasteiger partial charge in [0.25, 0.3) is 0 Å². The van der Waals surface area contributed by atoms with E-state index in [2.05, 4.69) is 9.97 Å². The number of aromatic nitrogens is 3. The minimum absolute atomic E-state index is 0.0931. The van der Waals surface area contributed by atoms with Gasteiger partial charge in [-0.05, 0) is 33.1 Å². The lowest BCUT2D eigenvalue weighted by atomic mass is 9.81. The van der Waals surface area contributed by atoms with Gasteiger partial charge in [0.05, 0.1) is 46.1 Å². The summed E-state index contributed by atoms with van der Waals surface area (Å²) in [5, 5.41) is 1.79. The molecule has 6 nitrogen and oxygen atoms in total. The van der Waals surface area contributed by atoms with Gasteiger partial charge < -0.3 is 4.90 Å². The van der Waals surface area contributed by atoms with Gasteiger partial charge in [-0.3, -0.25) is 19.0 Å². The quantitative estimate of drug-likeness (QED) is 0.527. The van der Waals surface area contributed by atoms with E-state index in [4.69, 9.17) is 0 Å². The largest absolute Gasteiger partial charge is 0.309 e. The molecule has 1 atom stereocenters. The molecule has 6 heteroatoms. The maximum atomic E-state index is 13.5. The van der Waals surface area contributed by atoms with Crippen molar-refractivity contribution in [3.8, 4) is 0 Å². The van der Waals surface area contributed by atoms with Crippen LogP contribution in [0.25, 0.3) is 27.3 Å². The van der Waals surface area contributed by atoms with E-state index in [0.717, 1.165) is 21.8 Å². The van der Waals surface area contributed by atoms with E-state index in [1.165, 1.54) is 0 Å². The molecule has 0 bridgehead atoms. The van der Waals surface area contributed by atoms with E-state index in [0.29, 0.717) is 29.6 Å². The monoisotopic (exact) mass is 358 g/mol. The molecule has 0 saturated heterocycles. The van der Waals surface area contributed by atoms with Crippen molar-refractivity contribution in [1.29, 1.82) is 0 Å². The summed E-state index contributed by atoms with van der Waals surface area (Å²) in [5.41, 5.74) is 3.46. The van der Waals surface area contributed by atoms with Crippen LogP contribution in [0.5, 0.6) is 0 Å². The van der Waals surface area contributed by atoms with Crippen molar-refractivity contribution < 1.29 is 9.59 Å². The molecule has 5 rings (SSSR count). The predicted octanol–water partition coefficient (Wildman–Crippen LogP) is 2.98. The van der Waals surface area contributed by atoms with Gasteiger partial charge in [0, 0.05) is 17.0 Å². The molecule has 0 fully saturated rings. The van der Waals surface area contributed by atoms with E-state index in [1.54, 1.807) is 18.7 Å². The van der Waals surface area contributed by atoms with Gasteiger partial charge in [0.2, 0.25) is 0 Å². The topological polar surface area (TPSA) is 67.6 Å². The number of carbonyl (C=O) groups is 2. The Kier molecular flexibility index (Phi) is 3.39. The molecule has 4 aromatic rings. The fourth-order valence-corrected chi connectivity index (χ4v) is 4.11. The van der Waals surface area contributed by atoms with Gasteiger partial charge in [-0.25, -0.2) is 4.98 Å². The van der Waals surface area contributed by atoms with Crippen molar-refractivity contribution in [2.24, 2.45) is 5.92 Å². The first-order chi connectivity index (χ1) is 13.1. The molecule has 1 aliphatic carbocycles. The summed E-state index contributed by atoms with van der Waals surface area (Å²) in [6.45, 7) is 0.676. The highest BCUT2D eigenvalue weighted by molar-refractivity contribution is 6.33. The molecule has 3 aromatic heterocycles. The number of ketones is 2. The number of nitrogens with zero attached hydrogens (tertiary/aromatic N) is 4. The van der Waals surface area contributed by atoms with E-state index < -0.39 is 5.92 Å². The lowest BCUT2D eigenvalue weighted by Crippen LogP contribution is -2.32. The van der Waals surface area contributed by atoms with Crippen LogP contribution >= 0.6 is 0 Å². The second-order valence-corrected chi connectivity index (χ2v) is 7.31. The third kappa shape index (κ3) is 2.16. The first kappa shape index (κ1) is 16.1. The molecule has 3 heterocycles. The van der Waals surface area contributed by atoms with Crippen molar-refractivity contribution in [2.75, 3.05) is 20.6 Å². The third-order valence-electron chi connectivity index (χ3n) is 5.39. The predicted molar refractivity (Wildman–Crippen MR) is 103 cm³/mol. The number of carbonyl (C=O) groups excluding carboxylic acids is 2. The summed E-state index contributed by atoms with van der Waals surface area (Å²) in [7, 11) is 3.89. The Morgan fingerprint density at radius 1 is 1.11 bits per heavy atom. The van der Waals surface area contributed by atoms with Gasteiger partial charge in [-0.15, -0.1) is 0 Å². The second kappa shape index (κ2) is 5.69. The fraction of sp³-hybridized carbons (Fsp3) is 0.238. The molecule has 1 unspecified atom stereocenters. The van der Waals surface area contributed by atoms with Crippen LogP contribution in [0.2, 0.25) is 0 Å². The lowest BCUT2D eigenvalue weighted by Gasteiger charge is -2.21. The maximum Gasteiger partial charge on any atom is 0.177 e. The Morgan fingerprint density at radius 3 is 2.74 bits per heavy atom. The zero-order valence-electron chi connectivity index (χ0n) is 15.1. The van der Waals surface area contributed by atoms with Gasteiger partial charge in [-0.2, -0.15) is 0 Å². The first-order valence-electron chi connectivity index (χ1n) is 8.96. The Hall–Kier alpha value is -3.12. The van der Waals surface area contributed by atoms with Crippen LogP contribution in [-0.2, 0) is 0 Å². The van der Waals surface area contributed by atoms with Crippen LogP contribution in [0.3, 0.4) is 0 Å². The van der Waals surface area contributed by atoms with Crippen LogP contribution in [0, 0.1) is 5.92 Å². The molecule has 0 spiro atoms. The third-order valence-corrected chi connectivity index (χ3v) is 5.39. The summed E-state index contributed by atoms with van der Waals surface area (Å²) >= 11 is 0. The Bertz CT molecular complexity index is 1260. The number of fused-ring (bicyclic) bond motifs is 5. The molecule has 0 N–H and O–H groups in total. The van der Waals surface area contributed by atoms with E-state index in [1.807, 2.05) is 47.7 Å². The molecule has 27 heavy (non-hydrogen) atoms. The molecule has 0 aliphatic heterocycles. The Labute approximate surface area is 155 Å². The molecule has 0 amide bonds. The highest BCUT2D eigenvalue weighted by Crippen LogP contribution is 2.39. The van der Waals surface area contributed by atoms with E-state index >= 15 is 0 Å². The highest BCUT2D eigenvalue weighted by Gasteiger charge is 2.38. The smallest absolute Gasteiger partial charge is 0.177 e. The number of benzene rings is 1. The van der Waals surface area contributed by atoms with Gasteiger partial charge in [-0.1, -0.05) is 18.2 Å². The zero-order chi connectivity index (χ0) is 18.7. The minimum atomic E-state index is -0.662. The van der Waals surface area contributed by atoms with Gasteiger partial charge in [0.1, 0.15) is 0 Å². The highest BCUT2D eigenvalue weighted by atomic mass is 16.2. The van der Waals surface area contributed by atoms with Crippen molar-refractivity contribution in [1.82, 2.24) is 19.3 Å². The number of rotatable bonds is 3. The Morgan fingerprint density at radius 2 is 1.93 bits per heavy atom. The maximum absolute atomic E-state index is 13.5. The lowest BCUT2D eigenvalue weighted by molar-refractivity contribution is 0.0788. The second-order valence-electron chi connectivity index (χ2n) is 7.31. The number of hydrogen-bond acceptors (Lipinski definition) is 5. The molecule has 1 aromatic carbocycles. The normalized spacial score (nSPS) is 16.9. The molecule has 134 valence electrons.